The Morgan fingerprint density at radius 1 is 1.22 bits per heavy atom. The number of aromatic nitrogens is 2. The lowest BCUT2D eigenvalue weighted by molar-refractivity contribution is -0.115. The van der Waals surface area contributed by atoms with Crippen LogP contribution >= 0.6 is 11.3 Å². The third-order valence-electron chi connectivity index (χ3n) is 4.16. The smallest absolute Gasteiger partial charge is 0.355 e. The van der Waals surface area contributed by atoms with Gasteiger partial charge in [0.05, 0.1) is 11.4 Å². The molecule has 27 heavy (non-hydrogen) atoms. The van der Waals surface area contributed by atoms with Crippen LogP contribution in [0.2, 0.25) is 0 Å². The van der Waals surface area contributed by atoms with Crippen LogP contribution in [-0.2, 0) is 29.6 Å². The van der Waals surface area contributed by atoms with E-state index in [1.807, 2.05) is 31.2 Å². The van der Waals surface area contributed by atoms with Gasteiger partial charge in [0.25, 0.3) is 0 Å². The fourth-order valence-electron chi connectivity index (χ4n) is 2.79. The number of benzene rings is 1. The van der Waals surface area contributed by atoms with Crippen molar-refractivity contribution in [2.45, 2.75) is 26.9 Å². The molecule has 7 heteroatoms. The summed E-state index contributed by atoms with van der Waals surface area (Å²) < 4.78 is 7.04. The zero-order valence-electron chi connectivity index (χ0n) is 15.5. The molecule has 0 saturated heterocycles. The first kappa shape index (κ1) is 18.8. The van der Waals surface area contributed by atoms with Crippen molar-refractivity contribution in [1.29, 1.82) is 0 Å². The van der Waals surface area contributed by atoms with Gasteiger partial charge in [-0.15, -0.1) is 11.3 Å². The molecule has 140 valence electrons. The maximum atomic E-state index is 12.3. The van der Waals surface area contributed by atoms with Crippen LogP contribution in [0, 0.1) is 0 Å². The molecule has 3 aromatic rings. The minimum Gasteiger partial charge on any atom is -0.454 e. The second kappa shape index (κ2) is 8.18. The minimum absolute atomic E-state index is 0.0572. The average Bonchev–Trinajstić information content (AvgIpc) is 3.29. The second-order valence-corrected chi connectivity index (χ2v) is 6.88. The number of hydrogen-bond acceptors (Lipinski definition) is 5. The van der Waals surface area contributed by atoms with Gasteiger partial charge in [0.1, 0.15) is 12.3 Å². The lowest BCUT2D eigenvalue weighted by Gasteiger charge is -2.20. The average molecular weight is 383 g/mol. The van der Waals surface area contributed by atoms with Crippen LogP contribution in [0.25, 0.3) is 0 Å². The normalized spacial score (nSPS) is 10.6. The van der Waals surface area contributed by atoms with Crippen molar-refractivity contribution in [2.24, 2.45) is 7.05 Å². The van der Waals surface area contributed by atoms with E-state index in [-0.39, 0.29) is 12.5 Å². The van der Waals surface area contributed by atoms with Gasteiger partial charge in [-0.05, 0) is 30.2 Å². The largest absolute Gasteiger partial charge is 0.454 e. The predicted molar refractivity (Wildman–Crippen MR) is 105 cm³/mol. The number of esters is 1. The van der Waals surface area contributed by atoms with Gasteiger partial charge in [0.15, 0.2) is 5.13 Å². The van der Waals surface area contributed by atoms with Crippen LogP contribution in [-0.4, -0.2) is 21.4 Å². The molecular formula is C20H21N3O3S. The summed E-state index contributed by atoms with van der Waals surface area (Å²) in [7, 11) is 1.79. The number of anilines is 2. The molecule has 0 spiro atoms. The van der Waals surface area contributed by atoms with E-state index in [0.717, 1.165) is 17.7 Å². The van der Waals surface area contributed by atoms with Crippen molar-refractivity contribution in [2.75, 3.05) is 4.90 Å². The van der Waals surface area contributed by atoms with E-state index in [1.54, 1.807) is 40.2 Å². The molecule has 1 amide bonds. The molecule has 0 aliphatic carbocycles. The van der Waals surface area contributed by atoms with E-state index in [1.165, 1.54) is 18.3 Å². The van der Waals surface area contributed by atoms with Crippen molar-refractivity contribution in [3.8, 4) is 0 Å². The number of hydrogen-bond donors (Lipinski definition) is 0. The third-order valence-corrected chi connectivity index (χ3v) is 5.04. The molecule has 0 radical (unpaired) electrons. The van der Waals surface area contributed by atoms with Gasteiger partial charge in [-0.1, -0.05) is 25.1 Å². The topological polar surface area (TPSA) is 64.4 Å². The number of nitrogens with zero attached hydrogens (tertiary/aromatic N) is 3. The highest BCUT2D eigenvalue weighted by Gasteiger charge is 2.20. The molecule has 2 aromatic heterocycles. The molecule has 1 aromatic carbocycles. The van der Waals surface area contributed by atoms with Crippen LogP contribution in [0.4, 0.5) is 10.8 Å². The number of carbonyl (C=O) groups excluding carboxylic acids is 2. The van der Waals surface area contributed by atoms with Crippen molar-refractivity contribution in [3.63, 3.8) is 0 Å². The Balaban J connectivity index is 1.77. The molecule has 0 unspecified atom stereocenters. The lowest BCUT2D eigenvalue weighted by atomic mass is 10.1. The van der Waals surface area contributed by atoms with Crippen LogP contribution in [0.3, 0.4) is 0 Å². The zero-order chi connectivity index (χ0) is 19.4. The van der Waals surface area contributed by atoms with E-state index in [4.69, 9.17) is 4.74 Å². The summed E-state index contributed by atoms with van der Waals surface area (Å²) in [5, 5.41) is 2.37. The summed E-state index contributed by atoms with van der Waals surface area (Å²) >= 11 is 1.35. The highest BCUT2D eigenvalue weighted by Crippen LogP contribution is 2.31. The number of carbonyl (C=O) groups is 2. The fourth-order valence-corrected chi connectivity index (χ4v) is 3.65. The minimum atomic E-state index is -0.406. The van der Waals surface area contributed by atoms with E-state index in [0.29, 0.717) is 16.5 Å². The summed E-state index contributed by atoms with van der Waals surface area (Å²) in [4.78, 5) is 30.5. The zero-order valence-corrected chi connectivity index (χ0v) is 16.3. The molecule has 0 aliphatic heterocycles. The van der Waals surface area contributed by atoms with Gasteiger partial charge in [-0.25, -0.2) is 9.78 Å². The fraction of sp³-hybridized carbons (Fsp3) is 0.250. The van der Waals surface area contributed by atoms with Crippen molar-refractivity contribution in [1.82, 2.24) is 9.55 Å². The van der Waals surface area contributed by atoms with E-state index in [9.17, 15) is 9.59 Å². The van der Waals surface area contributed by atoms with Crippen LogP contribution < -0.4 is 4.90 Å². The molecule has 6 nitrogen and oxygen atoms in total. The SMILES string of the molecule is CCc1ccccc1N(C(C)=O)c1nc(COC(=O)c2cccn2C)cs1. The van der Waals surface area contributed by atoms with E-state index >= 15 is 0 Å². The highest BCUT2D eigenvalue weighted by atomic mass is 32.1. The molecule has 2 heterocycles. The Kier molecular flexibility index (Phi) is 5.71. The second-order valence-electron chi connectivity index (χ2n) is 6.04. The predicted octanol–water partition coefficient (Wildman–Crippen LogP) is 4.09. The van der Waals surface area contributed by atoms with Crippen LogP contribution in [0.15, 0.2) is 48.0 Å². The number of thiazole rings is 1. The molecule has 0 aliphatic rings. The van der Waals surface area contributed by atoms with Crippen molar-refractivity contribution in [3.05, 3.63) is 64.9 Å². The number of aryl methyl sites for hydroxylation is 2. The molecular weight excluding hydrogens is 362 g/mol. The number of para-hydroxylation sites is 1. The van der Waals surface area contributed by atoms with Gasteiger partial charge in [0.2, 0.25) is 5.91 Å². The highest BCUT2D eigenvalue weighted by molar-refractivity contribution is 7.14. The molecule has 0 N–H and O–H groups in total. The molecule has 0 fully saturated rings. The number of ether oxygens (including phenoxy) is 1. The first-order valence-electron chi connectivity index (χ1n) is 8.62. The lowest BCUT2D eigenvalue weighted by Crippen LogP contribution is -2.23. The number of rotatable bonds is 6. The Hall–Kier alpha value is -2.93. The Morgan fingerprint density at radius 3 is 2.67 bits per heavy atom. The van der Waals surface area contributed by atoms with E-state index in [2.05, 4.69) is 4.98 Å². The summed E-state index contributed by atoms with van der Waals surface area (Å²) in [6.07, 6.45) is 2.60. The number of amides is 1. The monoisotopic (exact) mass is 383 g/mol. The first-order valence-corrected chi connectivity index (χ1v) is 9.50. The summed E-state index contributed by atoms with van der Waals surface area (Å²) in [6, 6.07) is 11.3. The van der Waals surface area contributed by atoms with Crippen LogP contribution in [0.5, 0.6) is 0 Å². The Labute approximate surface area is 162 Å². The standard InChI is InChI=1S/C20H21N3O3S/c1-4-15-8-5-6-9-17(15)23(14(2)24)20-21-16(13-27-20)12-26-19(25)18-10-7-11-22(18)3/h5-11,13H,4,12H2,1-3H3. The van der Waals surface area contributed by atoms with Gasteiger partial charge < -0.3 is 9.30 Å². The van der Waals surface area contributed by atoms with Crippen molar-refractivity contribution >= 4 is 34.0 Å². The summed E-state index contributed by atoms with van der Waals surface area (Å²) in [6.45, 7) is 3.62. The van der Waals surface area contributed by atoms with Gasteiger partial charge in [-0.3, -0.25) is 9.69 Å². The molecule has 0 saturated carbocycles. The van der Waals surface area contributed by atoms with E-state index < -0.39 is 5.97 Å². The quantitative estimate of drug-likeness (QED) is 0.602. The Morgan fingerprint density at radius 2 is 2.00 bits per heavy atom. The van der Waals surface area contributed by atoms with Gasteiger partial charge in [0, 0.05) is 25.5 Å². The summed E-state index contributed by atoms with van der Waals surface area (Å²) in [5.74, 6) is -0.519. The Bertz CT molecular complexity index is 961. The third kappa shape index (κ3) is 4.09. The maximum Gasteiger partial charge on any atom is 0.355 e. The maximum absolute atomic E-state index is 12.3. The van der Waals surface area contributed by atoms with Crippen LogP contribution in [0.1, 0.15) is 35.6 Å². The summed E-state index contributed by atoms with van der Waals surface area (Å²) in [5.41, 5.74) is 2.99. The first-order chi connectivity index (χ1) is 13.0. The molecule has 0 atom stereocenters. The molecule has 3 rings (SSSR count). The molecule has 0 bridgehead atoms. The van der Waals surface area contributed by atoms with Gasteiger partial charge in [-0.2, -0.15) is 0 Å². The van der Waals surface area contributed by atoms with Crippen molar-refractivity contribution < 1.29 is 14.3 Å². The van der Waals surface area contributed by atoms with Gasteiger partial charge >= 0.3 is 5.97 Å².